The fourth-order valence-electron chi connectivity index (χ4n) is 2.21. The summed E-state index contributed by atoms with van der Waals surface area (Å²) in [7, 11) is 0. The van der Waals surface area contributed by atoms with Gasteiger partial charge in [-0.2, -0.15) is 5.26 Å². The third-order valence-electron chi connectivity index (χ3n) is 3.43. The summed E-state index contributed by atoms with van der Waals surface area (Å²) >= 11 is 3.34. The second-order valence-corrected chi connectivity index (χ2v) is 5.92. The van der Waals surface area contributed by atoms with Crippen LogP contribution in [0.2, 0.25) is 0 Å². The standard InChI is InChI=1S/C18H16BrN3O2/c1-13(23)22(15-8-6-14(12-20)7-9-15)11-10-21-18(24)16-4-2-3-5-17(16)19/h2-9H,10-11H2,1H3,(H,21,24). The molecule has 5 nitrogen and oxygen atoms in total. The third kappa shape index (κ3) is 4.43. The molecule has 0 saturated heterocycles. The Morgan fingerprint density at radius 3 is 2.42 bits per heavy atom. The summed E-state index contributed by atoms with van der Waals surface area (Å²) < 4.78 is 0.720. The SMILES string of the molecule is CC(=O)N(CCNC(=O)c1ccccc1Br)c1ccc(C#N)cc1. The highest BCUT2D eigenvalue weighted by atomic mass is 79.9. The molecule has 122 valence electrons. The van der Waals surface area contributed by atoms with Crippen LogP contribution in [-0.4, -0.2) is 24.9 Å². The fourth-order valence-corrected chi connectivity index (χ4v) is 2.67. The molecule has 0 radical (unpaired) electrons. The topological polar surface area (TPSA) is 73.2 Å². The van der Waals surface area contributed by atoms with Gasteiger partial charge in [-0.15, -0.1) is 0 Å². The normalized spacial score (nSPS) is 9.88. The van der Waals surface area contributed by atoms with Gasteiger partial charge in [0.05, 0.1) is 17.2 Å². The number of nitriles is 1. The van der Waals surface area contributed by atoms with Crippen molar-refractivity contribution in [2.24, 2.45) is 0 Å². The van der Waals surface area contributed by atoms with E-state index in [-0.39, 0.29) is 11.8 Å². The van der Waals surface area contributed by atoms with Gasteiger partial charge in [0.1, 0.15) is 0 Å². The summed E-state index contributed by atoms with van der Waals surface area (Å²) in [6.07, 6.45) is 0. The van der Waals surface area contributed by atoms with Gasteiger partial charge in [-0.3, -0.25) is 9.59 Å². The number of hydrogen-bond donors (Lipinski definition) is 1. The second kappa shape index (κ2) is 8.27. The Morgan fingerprint density at radius 2 is 1.83 bits per heavy atom. The van der Waals surface area contributed by atoms with Crippen LogP contribution in [0.15, 0.2) is 53.0 Å². The van der Waals surface area contributed by atoms with E-state index >= 15 is 0 Å². The van der Waals surface area contributed by atoms with Crippen molar-refractivity contribution >= 4 is 33.4 Å². The maximum atomic E-state index is 12.2. The summed E-state index contributed by atoms with van der Waals surface area (Å²) in [5, 5.41) is 11.6. The number of amides is 2. The molecular formula is C18H16BrN3O2. The highest BCUT2D eigenvalue weighted by Crippen LogP contribution is 2.16. The highest BCUT2D eigenvalue weighted by molar-refractivity contribution is 9.10. The van der Waals surface area contributed by atoms with Gasteiger partial charge in [-0.25, -0.2) is 0 Å². The molecule has 24 heavy (non-hydrogen) atoms. The van der Waals surface area contributed by atoms with E-state index in [1.807, 2.05) is 12.1 Å². The molecule has 0 spiro atoms. The molecule has 0 aliphatic rings. The number of hydrogen-bond acceptors (Lipinski definition) is 3. The van der Waals surface area contributed by atoms with Crippen molar-refractivity contribution in [1.82, 2.24) is 5.32 Å². The minimum Gasteiger partial charge on any atom is -0.350 e. The van der Waals surface area contributed by atoms with Crippen molar-refractivity contribution in [2.75, 3.05) is 18.0 Å². The minimum absolute atomic E-state index is 0.130. The average Bonchev–Trinajstić information content (AvgIpc) is 2.59. The number of nitrogens with zero attached hydrogens (tertiary/aromatic N) is 2. The van der Waals surface area contributed by atoms with Crippen LogP contribution in [0.3, 0.4) is 0 Å². The first-order chi connectivity index (χ1) is 11.5. The molecule has 0 fully saturated rings. The summed E-state index contributed by atoms with van der Waals surface area (Å²) in [5.74, 6) is -0.333. The van der Waals surface area contributed by atoms with Crippen molar-refractivity contribution in [2.45, 2.75) is 6.92 Å². The van der Waals surface area contributed by atoms with Crippen LogP contribution in [-0.2, 0) is 4.79 Å². The predicted octanol–water partition coefficient (Wildman–Crippen LogP) is 3.10. The zero-order valence-electron chi connectivity index (χ0n) is 13.1. The number of rotatable bonds is 5. The molecule has 6 heteroatoms. The van der Waals surface area contributed by atoms with E-state index in [9.17, 15) is 9.59 Å². The van der Waals surface area contributed by atoms with E-state index < -0.39 is 0 Å². The van der Waals surface area contributed by atoms with Crippen LogP contribution in [0, 0.1) is 11.3 Å². The first-order valence-corrected chi connectivity index (χ1v) is 8.13. The van der Waals surface area contributed by atoms with Crippen molar-refractivity contribution < 1.29 is 9.59 Å². The Kier molecular flexibility index (Phi) is 6.10. The van der Waals surface area contributed by atoms with Crippen molar-refractivity contribution in [1.29, 1.82) is 5.26 Å². The number of nitrogens with one attached hydrogen (secondary N) is 1. The third-order valence-corrected chi connectivity index (χ3v) is 4.12. The van der Waals surface area contributed by atoms with Gasteiger partial charge in [0.2, 0.25) is 5.91 Å². The Morgan fingerprint density at radius 1 is 1.17 bits per heavy atom. The molecule has 2 amide bonds. The van der Waals surface area contributed by atoms with Crippen LogP contribution in [0.1, 0.15) is 22.8 Å². The van der Waals surface area contributed by atoms with Crippen molar-refractivity contribution in [3.63, 3.8) is 0 Å². The van der Waals surface area contributed by atoms with Crippen LogP contribution < -0.4 is 10.2 Å². The molecule has 0 aromatic heterocycles. The van der Waals surface area contributed by atoms with E-state index in [4.69, 9.17) is 5.26 Å². The van der Waals surface area contributed by atoms with Crippen LogP contribution in [0.4, 0.5) is 5.69 Å². The van der Waals surface area contributed by atoms with Crippen molar-refractivity contribution in [3.05, 3.63) is 64.1 Å². The largest absolute Gasteiger partial charge is 0.350 e. The van der Waals surface area contributed by atoms with Gasteiger partial charge >= 0.3 is 0 Å². The Balaban J connectivity index is 1.99. The van der Waals surface area contributed by atoms with Crippen LogP contribution in [0.25, 0.3) is 0 Å². The molecule has 2 aromatic carbocycles. The molecule has 0 saturated carbocycles. The quantitative estimate of drug-likeness (QED) is 0.858. The molecular weight excluding hydrogens is 370 g/mol. The molecule has 0 heterocycles. The smallest absolute Gasteiger partial charge is 0.252 e. The van der Waals surface area contributed by atoms with Gasteiger partial charge in [-0.05, 0) is 52.3 Å². The van der Waals surface area contributed by atoms with E-state index in [0.29, 0.717) is 29.9 Å². The molecule has 2 aromatic rings. The first kappa shape index (κ1) is 17.7. The number of carbonyl (C=O) groups is 2. The maximum absolute atomic E-state index is 12.2. The lowest BCUT2D eigenvalue weighted by atomic mass is 10.2. The minimum atomic E-state index is -0.203. The van der Waals surface area contributed by atoms with Gasteiger partial charge in [-0.1, -0.05) is 12.1 Å². The van der Waals surface area contributed by atoms with Crippen molar-refractivity contribution in [3.8, 4) is 6.07 Å². The van der Waals surface area contributed by atoms with Gasteiger partial charge in [0.25, 0.3) is 5.91 Å². The molecule has 0 aliphatic heterocycles. The summed E-state index contributed by atoms with van der Waals surface area (Å²) in [5.41, 5.74) is 1.77. The Hall–Kier alpha value is -2.65. The number of anilines is 1. The highest BCUT2D eigenvalue weighted by Gasteiger charge is 2.13. The molecule has 0 bridgehead atoms. The van der Waals surface area contributed by atoms with Crippen LogP contribution >= 0.6 is 15.9 Å². The van der Waals surface area contributed by atoms with E-state index in [1.54, 1.807) is 47.4 Å². The van der Waals surface area contributed by atoms with E-state index in [2.05, 4.69) is 21.2 Å². The lowest BCUT2D eigenvalue weighted by Gasteiger charge is -2.21. The summed E-state index contributed by atoms with van der Waals surface area (Å²) in [6.45, 7) is 2.13. The number of benzene rings is 2. The van der Waals surface area contributed by atoms with Gasteiger partial charge in [0, 0.05) is 30.2 Å². The number of halogens is 1. The summed E-state index contributed by atoms with van der Waals surface area (Å²) in [4.78, 5) is 25.6. The molecule has 0 aliphatic carbocycles. The van der Waals surface area contributed by atoms with Gasteiger partial charge in [0.15, 0.2) is 0 Å². The zero-order chi connectivity index (χ0) is 17.5. The molecule has 0 atom stereocenters. The monoisotopic (exact) mass is 385 g/mol. The number of carbonyl (C=O) groups excluding carboxylic acids is 2. The average molecular weight is 386 g/mol. The Bertz CT molecular complexity index is 782. The first-order valence-electron chi connectivity index (χ1n) is 7.34. The Labute approximate surface area is 149 Å². The van der Waals surface area contributed by atoms with E-state index in [0.717, 1.165) is 4.47 Å². The lowest BCUT2D eigenvalue weighted by Crippen LogP contribution is -2.37. The molecule has 0 unspecified atom stereocenters. The lowest BCUT2D eigenvalue weighted by molar-refractivity contribution is -0.116. The second-order valence-electron chi connectivity index (χ2n) is 5.07. The predicted molar refractivity (Wildman–Crippen MR) is 95.7 cm³/mol. The van der Waals surface area contributed by atoms with E-state index in [1.165, 1.54) is 6.92 Å². The zero-order valence-corrected chi connectivity index (χ0v) is 14.7. The summed E-state index contributed by atoms with van der Waals surface area (Å²) in [6, 6.07) is 15.9. The molecule has 1 N–H and O–H groups in total. The van der Waals surface area contributed by atoms with Crippen LogP contribution in [0.5, 0.6) is 0 Å². The van der Waals surface area contributed by atoms with Gasteiger partial charge < -0.3 is 10.2 Å². The fraction of sp³-hybridized carbons (Fsp3) is 0.167. The maximum Gasteiger partial charge on any atom is 0.252 e. The molecule has 2 rings (SSSR count).